The number of fused-ring (bicyclic) bond motifs is 1. The Bertz CT molecular complexity index is 396. The number of carbonyl (C=O) groups excluding carboxylic acids is 1. The molecule has 2 nitrogen and oxygen atoms in total. The average Bonchev–Trinajstić information content (AvgIpc) is 2.07. The molecule has 0 fully saturated rings. The maximum Gasteiger partial charge on any atom is 0.317 e. The van der Waals surface area contributed by atoms with Gasteiger partial charge in [0.1, 0.15) is 5.75 Å². The van der Waals surface area contributed by atoms with Crippen molar-refractivity contribution in [2.75, 3.05) is 0 Å². The molecule has 14 heavy (non-hydrogen) atoms. The number of esters is 1. The molecule has 0 bridgehead atoms. The van der Waals surface area contributed by atoms with Crippen molar-refractivity contribution >= 4 is 21.9 Å². The molecule has 0 radical (unpaired) electrons. The highest BCUT2D eigenvalue weighted by Crippen LogP contribution is 2.36. The van der Waals surface area contributed by atoms with E-state index in [1.807, 2.05) is 32.0 Å². The third-order valence-corrected chi connectivity index (χ3v) is 2.90. The second-order valence-corrected chi connectivity index (χ2v) is 5.12. The molecular formula is C11H11BrO2. The van der Waals surface area contributed by atoms with Gasteiger partial charge in [0.2, 0.25) is 0 Å². The number of ether oxygens (including phenoxy) is 1. The van der Waals surface area contributed by atoms with Crippen molar-refractivity contribution in [1.82, 2.24) is 0 Å². The van der Waals surface area contributed by atoms with Crippen molar-refractivity contribution in [3.05, 3.63) is 28.2 Å². The Morgan fingerprint density at radius 3 is 2.86 bits per heavy atom. The first kappa shape index (κ1) is 9.71. The van der Waals surface area contributed by atoms with Gasteiger partial charge in [-0.15, -0.1) is 0 Å². The van der Waals surface area contributed by atoms with E-state index in [0.717, 1.165) is 16.5 Å². The molecule has 1 aliphatic heterocycles. The van der Waals surface area contributed by atoms with E-state index in [0.29, 0.717) is 5.75 Å². The lowest BCUT2D eigenvalue weighted by atomic mass is 9.84. The topological polar surface area (TPSA) is 26.3 Å². The van der Waals surface area contributed by atoms with Crippen LogP contribution in [-0.4, -0.2) is 5.97 Å². The summed E-state index contributed by atoms with van der Waals surface area (Å²) in [7, 11) is 0. The predicted molar refractivity (Wildman–Crippen MR) is 57.3 cm³/mol. The van der Waals surface area contributed by atoms with E-state index in [2.05, 4.69) is 15.9 Å². The first-order chi connectivity index (χ1) is 6.49. The summed E-state index contributed by atoms with van der Waals surface area (Å²) in [5, 5.41) is 0. The van der Waals surface area contributed by atoms with Gasteiger partial charge in [-0.1, -0.05) is 15.9 Å². The second-order valence-electron chi connectivity index (χ2n) is 4.20. The fraction of sp³-hybridized carbons (Fsp3) is 0.364. The average molecular weight is 255 g/mol. The van der Waals surface area contributed by atoms with Crippen LogP contribution in [0.15, 0.2) is 22.7 Å². The van der Waals surface area contributed by atoms with Crippen LogP contribution in [0.5, 0.6) is 5.75 Å². The lowest BCUT2D eigenvalue weighted by Gasteiger charge is -2.28. The summed E-state index contributed by atoms with van der Waals surface area (Å²) in [5.41, 5.74) is 0.678. The third kappa shape index (κ3) is 1.57. The highest BCUT2D eigenvalue weighted by molar-refractivity contribution is 9.10. The molecule has 1 heterocycles. The maximum atomic E-state index is 11.5. The van der Waals surface area contributed by atoms with Gasteiger partial charge in [-0.25, -0.2) is 0 Å². The SMILES string of the molecule is CC1(C)Cc2cc(Br)ccc2OC1=O. The van der Waals surface area contributed by atoms with Crippen molar-refractivity contribution in [2.24, 2.45) is 5.41 Å². The van der Waals surface area contributed by atoms with Gasteiger partial charge in [0.15, 0.2) is 0 Å². The predicted octanol–water partition coefficient (Wildman–Crippen LogP) is 2.94. The molecule has 0 aliphatic carbocycles. The lowest BCUT2D eigenvalue weighted by Crippen LogP contribution is -2.35. The Kier molecular flexibility index (Phi) is 2.14. The Labute approximate surface area is 91.4 Å². The Balaban J connectivity index is 2.46. The highest BCUT2D eigenvalue weighted by Gasteiger charge is 2.35. The van der Waals surface area contributed by atoms with Crippen LogP contribution < -0.4 is 4.74 Å². The van der Waals surface area contributed by atoms with E-state index in [-0.39, 0.29) is 5.97 Å². The molecule has 0 aromatic heterocycles. The zero-order valence-electron chi connectivity index (χ0n) is 8.13. The van der Waals surface area contributed by atoms with Gasteiger partial charge in [0.05, 0.1) is 5.41 Å². The van der Waals surface area contributed by atoms with Crippen LogP contribution in [0.2, 0.25) is 0 Å². The highest BCUT2D eigenvalue weighted by atomic mass is 79.9. The summed E-state index contributed by atoms with van der Waals surface area (Å²) in [6.45, 7) is 3.80. The molecule has 0 atom stereocenters. The molecule has 1 aliphatic rings. The molecule has 0 saturated carbocycles. The van der Waals surface area contributed by atoms with E-state index in [4.69, 9.17) is 4.74 Å². The quantitative estimate of drug-likeness (QED) is 0.526. The molecule has 1 aromatic carbocycles. The Morgan fingerprint density at radius 2 is 2.14 bits per heavy atom. The number of hydrogen-bond donors (Lipinski definition) is 0. The molecule has 0 amide bonds. The fourth-order valence-corrected chi connectivity index (χ4v) is 1.98. The number of hydrogen-bond acceptors (Lipinski definition) is 2. The van der Waals surface area contributed by atoms with Crippen molar-refractivity contribution in [3.63, 3.8) is 0 Å². The largest absolute Gasteiger partial charge is 0.426 e. The zero-order chi connectivity index (χ0) is 10.3. The second kappa shape index (κ2) is 3.09. The normalized spacial score (nSPS) is 18.6. The van der Waals surface area contributed by atoms with Gasteiger partial charge in [0, 0.05) is 4.47 Å². The number of halogens is 1. The van der Waals surface area contributed by atoms with Gasteiger partial charge in [-0.2, -0.15) is 0 Å². The van der Waals surface area contributed by atoms with Crippen molar-refractivity contribution < 1.29 is 9.53 Å². The van der Waals surface area contributed by atoms with E-state index < -0.39 is 5.41 Å². The minimum Gasteiger partial charge on any atom is -0.426 e. The van der Waals surface area contributed by atoms with E-state index in [1.165, 1.54) is 0 Å². The minimum atomic E-state index is -0.409. The van der Waals surface area contributed by atoms with Crippen LogP contribution in [0, 0.1) is 5.41 Å². The van der Waals surface area contributed by atoms with Gasteiger partial charge in [0.25, 0.3) is 0 Å². The van der Waals surface area contributed by atoms with Crippen LogP contribution in [0.25, 0.3) is 0 Å². The van der Waals surface area contributed by atoms with Crippen LogP contribution in [0.1, 0.15) is 19.4 Å². The van der Waals surface area contributed by atoms with Crippen molar-refractivity contribution in [2.45, 2.75) is 20.3 Å². The summed E-state index contributed by atoms with van der Waals surface area (Å²) in [6, 6.07) is 5.71. The van der Waals surface area contributed by atoms with Crippen LogP contribution >= 0.6 is 15.9 Å². The van der Waals surface area contributed by atoms with Crippen LogP contribution in [0.4, 0.5) is 0 Å². The van der Waals surface area contributed by atoms with E-state index in [1.54, 1.807) is 0 Å². The number of rotatable bonds is 0. The molecular weight excluding hydrogens is 244 g/mol. The Hall–Kier alpha value is -0.830. The van der Waals surface area contributed by atoms with E-state index in [9.17, 15) is 4.79 Å². The summed E-state index contributed by atoms with van der Waals surface area (Å²) < 4.78 is 6.26. The summed E-state index contributed by atoms with van der Waals surface area (Å²) in [4.78, 5) is 11.5. The monoisotopic (exact) mass is 254 g/mol. The molecule has 74 valence electrons. The molecule has 0 N–H and O–H groups in total. The van der Waals surface area contributed by atoms with Gasteiger partial charge < -0.3 is 4.74 Å². The maximum absolute atomic E-state index is 11.5. The van der Waals surface area contributed by atoms with E-state index >= 15 is 0 Å². The third-order valence-electron chi connectivity index (χ3n) is 2.41. The summed E-state index contributed by atoms with van der Waals surface area (Å²) >= 11 is 3.40. The molecule has 0 saturated heterocycles. The fourth-order valence-electron chi connectivity index (χ4n) is 1.57. The molecule has 0 unspecified atom stereocenters. The molecule has 3 heteroatoms. The molecule has 0 spiro atoms. The first-order valence-electron chi connectivity index (χ1n) is 4.50. The number of carbonyl (C=O) groups is 1. The standard InChI is InChI=1S/C11H11BrO2/c1-11(2)6-7-5-8(12)3-4-9(7)14-10(11)13/h3-5H,6H2,1-2H3. The Morgan fingerprint density at radius 1 is 1.43 bits per heavy atom. The van der Waals surface area contributed by atoms with Gasteiger partial charge >= 0.3 is 5.97 Å². The lowest BCUT2D eigenvalue weighted by molar-refractivity contribution is -0.145. The summed E-state index contributed by atoms with van der Waals surface area (Å²) in [5.74, 6) is 0.546. The molecule has 1 aromatic rings. The van der Waals surface area contributed by atoms with Gasteiger partial charge in [-0.05, 0) is 44.0 Å². The van der Waals surface area contributed by atoms with Crippen molar-refractivity contribution in [1.29, 1.82) is 0 Å². The van der Waals surface area contributed by atoms with Crippen LogP contribution in [-0.2, 0) is 11.2 Å². The zero-order valence-corrected chi connectivity index (χ0v) is 9.72. The minimum absolute atomic E-state index is 0.146. The number of benzene rings is 1. The molecule has 2 rings (SSSR count). The van der Waals surface area contributed by atoms with Crippen LogP contribution in [0.3, 0.4) is 0 Å². The smallest absolute Gasteiger partial charge is 0.317 e. The van der Waals surface area contributed by atoms with Gasteiger partial charge in [-0.3, -0.25) is 4.79 Å². The van der Waals surface area contributed by atoms with Crippen molar-refractivity contribution in [3.8, 4) is 5.75 Å². The first-order valence-corrected chi connectivity index (χ1v) is 5.29. The summed E-state index contributed by atoms with van der Waals surface area (Å²) in [6.07, 6.45) is 0.737.